The van der Waals surface area contributed by atoms with Gasteiger partial charge in [-0.2, -0.15) is 0 Å². The molecule has 1 aromatic rings. The first-order chi connectivity index (χ1) is 8.27. The van der Waals surface area contributed by atoms with Crippen molar-refractivity contribution in [3.8, 4) is 0 Å². The summed E-state index contributed by atoms with van der Waals surface area (Å²) >= 11 is 2.93. The topological polar surface area (TPSA) is 32.6 Å². The molecule has 2 rings (SSSR count). The second-order valence-electron chi connectivity index (χ2n) is 3.75. The van der Waals surface area contributed by atoms with Crippen molar-refractivity contribution in [1.29, 1.82) is 0 Å². The van der Waals surface area contributed by atoms with Gasteiger partial charge in [0.05, 0.1) is 0 Å². The minimum atomic E-state index is -0.547. The van der Waals surface area contributed by atoms with Gasteiger partial charge >= 0.3 is 111 Å². The molecule has 0 aliphatic heterocycles. The van der Waals surface area contributed by atoms with Crippen molar-refractivity contribution >= 4 is 20.6 Å². The molecular formula is C14H13NOSe. The van der Waals surface area contributed by atoms with E-state index in [9.17, 15) is 5.11 Å². The predicted molar refractivity (Wildman–Crippen MR) is 69.9 cm³/mol. The third kappa shape index (κ3) is 3.67. The molecule has 0 heterocycles. The van der Waals surface area contributed by atoms with E-state index < -0.39 is 6.10 Å². The van der Waals surface area contributed by atoms with Crippen molar-refractivity contribution in [2.24, 2.45) is 4.99 Å². The molecule has 17 heavy (non-hydrogen) atoms. The quantitative estimate of drug-likeness (QED) is 0.664. The summed E-state index contributed by atoms with van der Waals surface area (Å²) in [6.45, 7) is 0.373. The molecule has 1 atom stereocenters. The van der Waals surface area contributed by atoms with Gasteiger partial charge in [-0.15, -0.1) is 0 Å². The van der Waals surface area contributed by atoms with E-state index in [0.717, 1.165) is 16.1 Å². The predicted octanol–water partition coefficient (Wildman–Crippen LogP) is 1.69. The van der Waals surface area contributed by atoms with Crippen LogP contribution in [0.25, 0.3) is 0 Å². The monoisotopic (exact) mass is 291 g/mol. The Balaban J connectivity index is 1.90. The van der Waals surface area contributed by atoms with E-state index in [0.29, 0.717) is 6.54 Å². The van der Waals surface area contributed by atoms with Gasteiger partial charge in [0.25, 0.3) is 0 Å². The molecule has 0 amide bonds. The Kier molecular flexibility index (Phi) is 4.78. The Bertz CT molecular complexity index is 371. The summed E-state index contributed by atoms with van der Waals surface area (Å²) in [4.78, 5) is 4.35. The third-order valence-electron chi connectivity index (χ3n) is 2.50. The minimum absolute atomic E-state index is 0.373. The van der Waals surface area contributed by atoms with Crippen LogP contribution >= 0.6 is 0 Å². The average Bonchev–Trinajstić information content (AvgIpc) is 2.90. The Morgan fingerprint density at radius 1 is 1.18 bits per heavy atom. The fourth-order valence-corrected chi connectivity index (χ4v) is 2.00. The first kappa shape index (κ1) is 12.8. The van der Waals surface area contributed by atoms with Crippen LogP contribution in [0.4, 0.5) is 0 Å². The zero-order valence-electron chi connectivity index (χ0n) is 9.28. The van der Waals surface area contributed by atoms with Crippen LogP contribution in [0.3, 0.4) is 0 Å². The van der Waals surface area contributed by atoms with E-state index in [1.54, 1.807) is 0 Å². The van der Waals surface area contributed by atoms with Gasteiger partial charge in [0, 0.05) is 0 Å². The molecule has 1 fully saturated rings. The summed E-state index contributed by atoms with van der Waals surface area (Å²) in [5.74, 6) is 1.06. The fourth-order valence-electron chi connectivity index (χ4n) is 1.56. The molecular weight excluding hydrogens is 277 g/mol. The molecule has 3 heteroatoms. The molecule has 1 unspecified atom stereocenters. The van der Waals surface area contributed by atoms with Crippen molar-refractivity contribution < 1.29 is 5.11 Å². The number of nitrogens with zero attached hydrogens (tertiary/aromatic N) is 1. The number of aliphatic hydroxyl groups excluding tert-OH is 1. The molecule has 1 aliphatic rings. The van der Waals surface area contributed by atoms with Crippen molar-refractivity contribution in [3.63, 3.8) is 0 Å². The zero-order valence-corrected chi connectivity index (χ0v) is 11.0. The normalized spacial score (nSPS) is 19.5. The zero-order chi connectivity index (χ0) is 12.1. The van der Waals surface area contributed by atoms with Crippen LogP contribution in [0.2, 0.25) is 0 Å². The van der Waals surface area contributed by atoms with Gasteiger partial charge in [-0.25, -0.2) is 0 Å². The first-order valence-corrected chi connectivity index (χ1v) is 6.29. The Morgan fingerprint density at radius 3 is 2.47 bits per heavy atom. The van der Waals surface area contributed by atoms with Gasteiger partial charge in [-0.05, 0) is 0 Å². The van der Waals surface area contributed by atoms with E-state index in [1.807, 2.05) is 56.0 Å². The van der Waals surface area contributed by atoms with Gasteiger partial charge in [0.15, 0.2) is 0 Å². The summed E-state index contributed by atoms with van der Waals surface area (Å²) in [7, 11) is 0. The second-order valence-corrected chi connectivity index (χ2v) is 4.56. The summed E-state index contributed by atoms with van der Waals surface area (Å²) in [5, 5.41) is 9.95. The number of aliphatic hydroxyl groups is 1. The van der Waals surface area contributed by atoms with Gasteiger partial charge in [-0.3, -0.25) is 0 Å². The van der Waals surface area contributed by atoms with E-state index in [2.05, 4.69) is 21.0 Å². The molecule has 1 saturated carbocycles. The van der Waals surface area contributed by atoms with Crippen LogP contribution in [-0.4, -0.2) is 32.3 Å². The van der Waals surface area contributed by atoms with E-state index in [1.165, 1.54) is 0 Å². The maximum atomic E-state index is 9.95. The number of aliphatic imine (C=N–C) groups is 1. The van der Waals surface area contributed by atoms with Gasteiger partial charge < -0.3 is 0 Å². The van der Waals surface area contributed by atoms with Crippen LogP contribution in [0, 0.1) is 31.6 Å². The van der Waals surface area contributed by atoms with Crippen molar-refractivity contribution in [3.05, 3.63) is 67.5 Å². The average molecular weight is 290 g/mol. The molecule has 1 aliphatic carbocycles. The number of hydrogen-bond acceptors (Lipinski definition) is 2. The molecule has 0 bridgehead atoms. The van der Waals surface area contributed by atoms with E-state index in [4.69, 9.17) is 0 Å². The van der Waals surface area contributed by atoms with Crippen LogP contribution < -0.4 is 0 Å². The fraction of sp³-hybridized carbons (Fsp3) is 0.143. The van der Waals surface area contributed by atoms with Gasteiger partial charge in [0.2, 0.25) is 0 Å². The van der Waals surface area contributed by atoms with Crippen molar-refractivity contribution in [2.75, 3.05) is 6.54 Å². The van der Waals surface area contributed by atoms with Crippen LogP contribution in [0.1, 0.15) is 11.7 Å². The molecule has 0 saturated heterocycles. The summed E-state index contributed by atoms with van der Waals surface area (Å²) in [6.07, 6.45) is 7.37. The molecule has 2 nitrogen and oxygen atoms in total. The third-order valence-corrected chi connectivity index (χ3v) is 3.27. The summed E-state index contributed by atoms with van der Waals surface area (Å²) in [6, 6.07) is 9.57. The molecule has 1 N–H and O–H groups in total. The molecule has 0 spiro atoms. The standard InChI is InChI=1S/C14H13NOSe/c16-13(11-6-2-1-3-7-11)10-15-14(17)12-8-4-5-9-12/h1-9,13,16H,10H2. The SMILES string of the molecule is OC(CN=C([Se])[C]1[CH][CH][CH][CH]1)c1ccccc1. The first-order valence-electron chi connectivity index (χ1n) is 5.44. The second kappa shape index (κ2) is 6.34. The van der Waals surface area contributed by atoms with Crippen molar-refractivity contribution in [2.45, 2.75) is 6.10 Å². The molecule has 1 aromatic carbocycles. The van der Waals surface area contributed by atoms with Crippen LogP contribution in [0.5, 0.6) is 0 Å². The van der Waals surface area contributed by atoms with E-state index in [-0.39, 0.29) is 0 Å². The number of benzene rings is 1. The molecule has 6 radical (unpaired) electrons. The number of rotatable bonds is 4. The Hall–Kier alpha value is -0.631. The maximum absolute atomic E-state index is 9.95. The van der Waals surface area contributed by atoms with Crippen LogP contribution in [-0.2, 0) is 0 Å². The number of hydrogen-bond donors (Lipinski definition) is 1. The van der Waals surface area contributed by atoms with Gasteiger partial charge in [0.1, 0.15) is 0 Å². The van der Waals surface area contributed by atoms with Crippen LogP contribution in [0.15, 0.2) is 35.3 Å². The molecule has 0 aromatic heterocycles. The van der Waals surface area contributed by atoms with Gasteiger partial charge in [-0.1, -0.05) is 0 Å². The Morgan fingerprint density at radius 2 is 1.82 bits per heavy atom. The molecule has 86 valence electrons. The Labute approximate surface area is 111 Å². The van der Waals surface area contributed by atoms with E-state index >= 15 is 0 Å². The van der Waals surface area contributed by atoms with Crippen molar-refractivity contribution in [1.82, 2.24) is 0 Å². The summed E-state index contributed by atoms with van der Waals surface area (Å²) in [5.41, 5.74) is 0.895. The summed E-state index contributed by atoms with van der Waals surface area (Å²) < 4.78 is 0.838.